The number of carboxylic acids is 1. The third-order valence-corrected chi connectivity index (χ3v) is 2.74. The summed E-state index contributed by atoms with van der Waals surface area (Å²) in [5.41, 5.74) is 1.53. The Bertz CT molecular complexity index is 466. The van der Waals surface area contributed by atoms with Crippen LogP contribution in [0.25, 0.3) is 0 Å². The molecular weight excluding hydrogens is 246 g/mol. The Morgan fingerprint density at radius 2 is 2.00 bits per heavy atom. The minimum Gasteiger partial charge on any atom is -0.481 e. The molecule has 0 saturated carbocycles. The second kappa shape index (κ2) is 6.36. The molecule has 0 aliphatic carbocycles. The first-order valence-corrected chi connectivity index (χ1v) is 6.34. The molecule has 19 heavy (non-hydrogen) atoms. The van der Waals surface area contributed by atoms with Gasteiger partial charge in [0.15, 0.2) is 0 Å². The number of hydrogen-bond donors (Lipinski definition) is 2. The second-order valence-corrected chi connectivity index (χ2v) is 5.21. The lowest BCUT2D eigenvalue weighted by molar-refractivity contribution is -0.138. The third kappa shape index (κ3) is 4.73. The molecule has 0 aliphatic heterocycles. The van der Waals surface area contributed by atoms with Crippen molar-refractivity contribution in [2.45, 2.75) is 39.5 Å². The fraction of sp³-hybridized carbons (Fsp3) is 0.615. The fourth-order valence-corrected chi connectivity index (χ4v) is 1.92. The van der Waals surface area contributed by atoms with Crippen molar-refractivity contribution in [3.8, 4) is 0 Å². The van der Waals surface area contributed by atoms with Gasteiger partial charge in [-0.25, -0.2) is 0 Å². The van der Waals surface area contributed by atoms with Gasteiger partial charge >= 0.3 is 5.97 Å². The quantitative estimate of drug-likeness (QED) is 0.825. The van der Waals surface area contributed by atoms with E-state index in [2.05, 4.69) is 10.4 Å². The molecule has 0 bridgehead atoms. The van der Waals surface area contributed by atoms with Gasteiger partial charge in [-0.05, 0) is 11.8 Å². The van der Waals surface area contributed by atoms with Gasteiger partial charge in [0.25, 0.3) is 0 Å². The summed E-state index contributed by atoms with van der Waals surface area (Å²) >= 11 is 0. The Balaban J connectivity index is 2.64. The number of aromatic nitrogens is 2. The lowest BCUT2D eigenvalue weighted by Crippen LogP contribution is -2.17. The van der Waals surface area contributed by atoms with Crippen LogP contribution >= 0.6 is 0 Å². The number of hydrogen-bond acceptors (Lipinski definition) is 3. The van der Waals surface area contributed by atoms with Crippen LogP contribution in [0.3, 0.4) is 0 Å². The number of aliphatic carboxylic acids is 1. The van der Waals surface area contributed by atoms with E-state index in [1.54, 1.807) is 24.9 Å². The Hall–Kier alpha value is -1.85. The summed E-state index contributed by atoms with van der Waals surface area (Å²) in [5, 5.41) is 15.8. The maximum Gasteiger partial charge on any atom is 0.303 e. The smallest absolute Gasteiger partial charge is 0.303 e. The van der Waals surface area contributed by atoms with Gasteiger partial charge in [-0.1, -0.05) is 20.8 Å². The predicted molar refractivity (Wildman–Crippen MR) is 72.0 cm³/mol. The molecule has 0 aliphatic rings. The van der Waals surface area contributed by atoms with Crippen molar-refractivity contribution >= 4 is 17.6 Å². The normalized spacial score (nSPS) is 12.5. The van der Waals surface area contributed by atoms with Crippen LogP contribution < -0.4 is 5.32 Å². The Morgan fingerprint density at radius 3 is 2.53 bits per heavy atom. The summed E-state index contributed by atoms with van der Waals surface area (Å²) in [6.07, 6.45) is 1.95. The van der Waals surface area contributed by atoms with Gasteiger partial charge < -0.3 is 10.4 Å². The first-order chi connectivity index (χ1) is 8.79. The lowest BCUT2D eigenvalue weighted by atomic mass is 10.0. The molecule has 0 radical (unpaired) electrons. The van der Waals surface area contributed by atoms with Crippen LogP contribution in [-0.4, -0.2) is 26.8 Å². The monoisotopic (exact) mass is 267 g/mol. The number of carbonyl (C=O) groups is 2. The van der Waals surface area contributed by atoms with E-state index in [1.165, 1.54) is 0 Å². The van der Waals surface area contributed by atoms with E-state index < -0.39 is 5.97 Å². The van der Waals surface area contributed by atoms with Gasteiger partial charge in [0.05, 0.1) is 11.4 Å². The zero-order valence-corrected chi connectivity index (χ0v) is 11.8. The first kappa shape index (κ1) is 15.2. The molecule has 1 aromatic rings. The van der Waals surface area contributed by atoms with E-state index in [-0.39, 0.29) is 30.6 Å². The second-order valence-electron chi connectivity index (χ2n) is 5.21. The topological polar surface area (TPSA) is 84.2 Å². The number of carboxylic acid groups (broad SMARTS) is 1. The molecule has 106 valence electrons. The average Bonchev–Trinajstić information content (AvgIpc) is 2.57. The Kier molecular flexibility index (Phi) is 5.09. The van der Waals surface area contributed by atoms with Crippen LogP contribution in [0.4, 0.5) is 5.69 Å². The summed E-state index contributed by atoms with van der Waals surface area (Å²) in [4.78, 5) is 22.4. The molecule has 1 aromatic heterocycles. The summed E-state index contributed by atoms with van der Waals surface area (Å²) in [5.74, 6) is -1.03. The maximum absolute atomic E-state index is 11.8. The molecule has 1 rings (SSSR count). The predicted octanol–water partition coefficient (Wildman–Crippen LogP) is 1.98. The zero-order chi connectivity index (χ0) is 14.6. The molecule has 6 heteroatoms. The minimum atomic E-state index is -0.885. The molecule has 0 aromatic carbocycles. The highest BCUT2D eigenvalue weighted by Crippen LogP contribution is 2.22. The molecule has 0 spiro atoms. The highest BCUT2D eigenvalue weighted by atomic mass is 16.4. The van der Waals surface area contributed by atoms with E-state index in [0.717, 1.165) is 5.69 Å². The summed E-state index contributed by atoms with van der Waals surface area (Å²) in [6.45, 7) is 5.76. The van der Waals surface area contributed by atoms with Crippen molar-refractivity contribution in [1.82, 2.24) is 9.78 Å². The third-order valence-electron chi connectivity index (χ3n) is 2.74. The van der Waals surface area contributed by atoms with E-state index in [4.69, 9.17) is 5.11 Å². The fourth-order valence-electron chi connectivity index (χ4n) is 1.92. The molecule has 1 heterocycles. The number of aryl methyl sites for hydroxylation is 1. The summed E-state index contributed by atoms with van der Waals surface area (Å²) in [6, 6.07) is 0. The molecular formula is C13H21N3O3. The van der Waals surface area contributed by atoms with Gasteiger partial charge in [0, 0.05) is 26.1 Å². The number of amides is 1. The van der Waals surface area contributed by atoms with Crippen LogP contribution in [0.2, 0.25) is 0 Å². The average molecular weight is 267 g/mol. The summed E-state index contributed by atoms with van der Waals surface area (Å²) < 4.78 is 1.66. The lowest BCUT2D eigenvalue weighted by Gasteiger charge is -2.10. The standard InChI is InChI=1S/C13H21N3O3/c1-8(2)13-10(7-16(4)15-13)14-11(17)5-9(3)6-12(18)19/h7-9H,5-6H2,1-4H3,(H,14,17)(H,18,19). The van der Waals surface area contributed by atoms with Gasteiger partial charge in [0.1, 0.15) is 0 Å². The van der Waals surface area contributed by atoms with Crippen molar-refractivity contribution in [2.75, 3.05) is 5.32 Å². The molecule has 0 fully saturated rings. The Labute approximate surface area is 112 Å². The molecule has 1 amide bonds. The number of rotatable bonds is 6. The van der Waals surface area contributed by atoms with Crippen molar-refractivity contribution in [2.24, 2.45) is 13.0 Å². The highest BCUT2D eigenvalue weighted by Gasteiger charge is 2.16. The number of nitrogens with one attached hydrogen (secondary N) is 1. The molecule has 1 unspecified atom stereocenters. The number of nitrogens with zero attached hydrogens (tertiary/aromatic N) is 2. The van der Waals surface area contributed by atoms with E-state index in [9.17, 15) is 9.59 Å². The van der Waals surface area contributed by atoms with Crippen LogP contribution in [0, 0.1) is 5.92 Å². The molecule has 6 nitrogen and oxygen atoms in total. The SMILES string of the molecule is CC(CC(=O)O)CC(=O)Nc1cn(C)nc1C(C)C. The van der Waals surface area contributed by atoms with E-state index >= 15 is 0 Å². The number of carbonyl (C=O) groups excluding carboxylic acids is 1. The molecule has 1 atom stereocenters. The van der Waals surface area contributed by atoms with Gasteiger partial charge in [0.2, 0.25) is 5.91 Å². The summed E-state index contributed by atoms with van der Waals surface area (Å²) in [7, 11) is 1.80. The van der Waals surface area contributed by atoms with Crippen LogP contribution in [0.5, 0.6) is 0 Å². The first-order valence-electron chi connectivity index (χ1n) is 6.34. The minimum absolute atomic E-state index is 0.00248. The van der Waals surface area contributed by atoms with Gasteiger partial charge in [-0.3, -0.25) is 14.3 Å². The van der Waals surface area contributed by atoms with E-state index in [0.29, 0.717) is 5.69 Å². The maximum atomic E-state index is 11.8. The number of anilines is 1. The van der Waals surface area contributed by atoms with Crippen LogP contribution in [0.15, 0.2) is 6.20 Å². The van der Waals surface area contributed by atoms with Crippen molar-refractivity contribution in [3.05, 3.63) is 11.9 Å². The van der Waals surface area contributed by atoms with Crippen LogP contribution in [-0.2, 0) is 16.6 Å². The van der Waals surface area contributed by atoms with Gasteiger partial charge in [-0.15, -0.1) is 0 Å². The largest absolute Gasteiger partial charge is 0.481 e. The zero-order valence-electron chi connectivity index (χ0n) is 11.8. The van der Waals surface area contributed by atoms with Gasteiger partial charge in [-0.2, -0.15) is 5.10 Å². The highest BCUT2D eigenvalue weighted by molar-refractivity contribution is 5.91. The molecule has 0 saturated heterocycles. The van der Waals surface area contributed by atoms with Crippen molar-refractivity contribution < 1.29 is 14.7 Å². The van der Waals surface area contributed by atoms with E-state index in [1.807, 2.05) is 13.8 Å². The van der Waals surface area contributed by atoms with Crippen LogP contribution in [0.1, 0.15) is 45.2 Å². The Morgan fingerprint density at radius 1 is 1.37 bits per heavy atom. The van der Waals surface area contributed by atoms with Crippen molar-refractivity contribution in [1.29, 1.82) is 0 Å². The van der Waals surface area contributed by atoms with Crippen molar-refractivity contribution in [3.63, 3.8) is 0 Å². The molecule has 2 N–H and O–H groups in total.